The minimum absolute atomic E-state index is 0.174. The summed E-state index contributed by atoms with van der Waals surface area (Å²) in [5.74, 6) is -0.947. The van der Waals surface area contributed by atoms with Crippen molar-refractivity contribution in [1.29, 1.82) is 0 Å². The fourth-order valence-corrected chi connectivity index (χ4v) is 2.59. The zero-order chi connectivity index (χ0) is 19.2. The Kier molecular flexibility index (Phi) is 5.66. The molecule has 27 heavy (non-hydrogen) atoms. The van der Waals surface area contributed by atoms with Crippen molar-refractivity contribution in [2.24, 2.45) is 0 Å². The maximum absolute atomic E-state index is 13.5. The van der Waals surface area contributed by atoms with E-state index < -0.39 is 23.7 Å². The highest BCUT2D eigenvalue weighted by atomic mass is 19.1. The summed E-state index contributed by atoms with van der Waals surface area (Å²) in [6.45, 7) is 1.58. The molecule has 0 aliphatic rings. The highest BCUT2D eigenvalue weighted by Crippen LogP contribution is 2.21. The first-order valence-corrected chi connectivity index (χ1v) is 8.50. The number of hydrogen-bond donors (Lipinski definition) is 2. The SMILES string of the molecule is CC(Oc1ccc2ccccc2c1)C(=O)NNC(=O)Cc1ccccc1F. The predicted octanol–water partition coefficient (Wildman–Crippen LogP) is 3.14. The van der Waals surface area contributed by atoms with Crippen LogP contribution in [0.2, 0.25) is 0 Å². The van der Waals surface area contributed by atoms with Crippen molar-refractivity contribution in [3.05, 3.63) is 78.1 Å². The van der Waals surface area contributed by atoms with Crippen LogP contribution in [0.5, 0.6) is 5.75 Å². The van der Waals surface area contributed by atoms with Gasteiger partial charge in [0.1, 0.15) is 11.6 Å². The largest absolute Gasteiger partial charge is 0.481 e. The summed E-state index contributed by atoms with van der Waals surface area (Å²) in [4.78, 5) is 24.0. The number of carbonyl (C=O) groups is 2. The van der Waals surface area contributed by atoms with E-state index in [0.29, 0.717) is 5.75 Å². The average Bonchev–Trinajstić information content (AvgIpc) is 2.67. The van der Waals surface area contributed by atoms with E-state index in [2.05, 4.69) is 10.9 Å². The molecule has 0 saturated carbocycles. The second-order valence-corrected chi connectivity index (χ2v) is 6.07. The number of fused-ring (bicyclic) bond motifs is 1. The first kappa shape index (κ1) is 18.4. The minimum Gasteiger partial charge on any atom is -0.481 e. The number of halogens is 1. The summed E-state index contributed by atoms with van der Waals surface area (Å²) in [5.41, 5.74) is 4.82. The lowest BCUT2D eigenvalue weighted by Gasteiger charge is -2.15. The summed E-state index contributed by atoms with van der Waals surface area (Å²) >= 11 is 0. The first-order valence-electron chi connectivity index (χ1n) is 8.50. The lowest BCUT2D eigenvalue weighted by molar-refractivity contribution is -0.132. The van der Waals surface area contributed by atoms with E-state index in [9.17, 15) is 14.0 Å². The van der Waals surface area contributed by atoms with Gasteiger partial charge in [0.25, 0.3) is 5.91 Å². The van der Waals surface area contributed by atoms with E-state index in [1.807, 2.05) is 36.4 Å². The Hall–Kier alpha value is -3.41. The molecule has 5 nitrogen and oxygen atoms in total. The first-order chi connectivity index (χ1) is 13.0. The van der Waals surface area contributed by atoms with Crippen LogP contribution in [0.3, 0.4) is 0 Å². The second-order valence-electron chi connectivity index (χ2n) is 6.07. The number of ether oxygens (including phenoxy) is 1. The summed E-state index contributed by atoms with van der Waals surface area (Å²) in [6, 6.07) is 19.3. The van der Waals surface area contributed by atoms with Gasteiger partial charge in [-0.25, -0.2) is 4.39 Å². The van der Waals surface area contributed by atoms with Crippen molar-refractivity contribution in [2.75, 3.05) is 0 Å². The molecule has 1 atom stereocenters. The molecule has 0 aliphatic carbocycles. The topological polar surface area (TPSA) is 67.4 Å². The summed E-state index contributed by atoms with van der Waals surface area (Å²) in [5, 5.41) is 2.07. The van der Waals surface area contributed by atoms with Crippen LogP contribution in [0.1, 0.15) is 12.5 Å². The maximum atomic E-state index is 13.5. The molecule has 0 aromatic heterocycles. The highest BCUT2D eigenvalue weighted by Gasteiger charge is 2.16. The number of amides is 2. The van der Waals surface area contributed by atoms with Crippen molar-refractivity contribution in [3.63, 3.8) is 0 Å². The molecule has 3 rings (SSSR count). The van der Waals surface area contributed by atoms with E-state index in [1.165, 1.54) is 12.1 Å². The van der Waals surface area contributed by atoms with Gasteiger partial charge in [-0.05, 0) is 41.5 Å². The van der Waals surface area contributed by atoms with E-state index in [0.717, 1.165) is 10.8 Å². The van der Waals surface area contributed by atoms with Crippen LogP contribution >= 0.6 is 0 Å². The molecule has 0 saturated heterocycles. The monoisotopic (exact) mass is 366 g/mol. The smallest absolute Gasteiger partial charge is 0.279 e. The molecular formula is C21H19FN2O3. The normalized spacial score (nSPS) is 11.6. The molecule has 2 N–H and O–H groups in total. The third kappa shape index (κ3) is 4.82. The van der Waals surface area contributed by atoms with Crippen LogP contribution in [0.25, 0.3) is 10.8 Å². The van der Waals surface area contributed by atoms with Crippen LogP contribution in [0.15, 0.2) is 66.7 Å². The van der Waals surface area contributed by atoms with Crippen molar-refractivity contribution >= 4 is 22.6 Å². The van der Waals surface area contributed by atoms with Crippen molar-refractivity contribution in [2.45, 2.75) is 19.4 Å². The van der Waals surface area contributed by atoms with Gasteiger partial charge in [-0.1, -0.05) is 48.5 Å². The van der Waals surface area contributed by atoms with Gasteiger partial charge in [-0.15, -0.1) is 0 Å². The molecule has 2 amide bonds. The lowest BCUT2D eigenvalue weighted by Crippen LogP contribution is -2.47. The molecule has 3 aromatic rings. The maximum Gasteiger partial charge on any atom is 0.279 e. The van der Waals surface area contributed by atoms with E-state index in [-0.39, 0.29) is 12.0 Å². The zero-order valence-electron chi connectivity index (χ0n) is 14.7. The van der Waals surface area contributed by atoms with Gasteiger partial charge in [-0.2, -0.15) is 0 Å². The van der Waals surface area contributed by atoms with Gasteiger partial charge >= 0.3 is 0 Å². The van der Waals surface area contributed by atoms with Gasteiger partial charge < -0.3 is 4.74 Å². The fourth-order valence-electron chi connectivity index (χ4n) is 2.59. The Labute approximate surface area is 156 Å². The van der Waals surface area contributed by atoms with Gasteiger partial charge in [0, 0.05) is 0 Å². The average molecular weight is 366 g/mol. The molecular weight excluding hydrogens is 347 g/mol. The Morgan fingerprint density at radius 2 is 1.67 bits per heavy atom. The summed E-state index contributed by atoms with van der Waals surface area (Å²) in [7, 11) is 0. The molecule has 0 fully saturated rings. The van der Waals surface area contributed by atoms with Crippen molar-refractivity contribution in [1.82, 2.24) is 10.9 Å². The molecule has 0 heterocycles. The van der Waals surface area contributed by atoms with Crippen molar-refractivity contribution in [3.8, 4) is 5.75 Å². The van der Waals surface area contributed by atoms with E-state index >= 15 is 0 Å². The van der Waals surface area contributed by atoms with E-state index in [4.69, 9.17) is 4.74 Å². The third-order valence-corrected chi connectivity index (χ3v) is 4.04. The minimum atomic E-state index is -0.820. The molecule has 0 aliphatic heterocycles. The molecule has 0 radical (unpaired) electrons. The van der Waals surface area contributed by atoms with Crippen LogP contribution in [0.4, 0.5) is 4.39 Å². The van der Waals surface area contributed by atoms with Crippen LogP contribution in [-0.4, -0.2) is 17.9 Å². The second kappa shape index (κ2) is 8.31. The molecule has 3 aromatic carbocycles. The number of hydrogen-bond acceptors (Lipinski definition) is 3. The van der Waals surface area contributed by atoms with Crippen LogP contribution in [0, 0.1) is 5.82 Å². The molecule has 6 heteroatoms. The summed E-state index contributed by atoms with van der Waals surface area (Å²) < 4.78 is 19.2. The number of rotatable bonds is 5. The number of carbonyl (C=O) groups excluding carboxylic acids is 2. The van der Waals surface area contributed by atoms with Gasteiger partial charge in [0.15, 0.2) is 6.10 Å². The number of benzene rings is 3. The Morgan fingerprint density at radius 3 is 2.44 bits per heavy atom. The zero-order valence-corrected chi connectivity index (χ0v) is 14.7. The van der Waals surface area contributed by atoms with Crippen LogP contribution in [-0.2, 0) is 16.0 Å². The molecule has 0 bridgehead atoms. The Bertz CT molecular complexity index is 974. The van der Waals surface area contributed by atoms with Gasteiger partial charge in [-0.3, -0.25) is 20.4 Å². The molecule has 1 unspecified atom stereocenters. The van der Waals surface area contributed by atoms with Crippen molar-refractivity contribution < 1.29 is 18.7 Å². The quantitative estimate of drug-likeness (QED) is 0.682. The van der Waals surface area contributed by atoms with Gasteiger partial charge in [0.05, 0.1) is 6.42 Å². The lowest BCUT2D eigenvalue weighted by atomic mass is 10.1. The number of nitrogens with one attached hydrogen (secondary N) is 2. The third-order valence-electron chi connectivity index (χ3n) is 4.04. The molecule has 0 spiro atoms. The van der Waals surface area contributed by atoms with E-state index in [1.54, 1.807) is 25.1 Å². The van der Waals surface area contributed by atoms with Gasteiger partial charge in [0.2, 0.25) is 5.91 Å². The Morgan fingerprint density at radius 1 is 0.963 bits per heavy atom. The van der Waals surface area contributed by atoms with Crippen LogP contribution < -0.4 is 15.6 Å². The highest BCUT2D eigenvalue weighted by molar-refractivity contribution is 5.86. The Balaban J connectivity index is 1.52. The number of hydrazine groups is 1. The standard InChI is InChI=1S/C21H19FN2O3/c1-14(27-18-11-10-15-6-2-3-7-16(15)12-18)21(26)24-23-20(25)13-17-8-4-5-9-19(17)22/h2-12,14H,13H2,1H3,(H,23,25)(H,24,26). The fraction of sp³-hybridized carbons (Fsp3) is 0.143. The predicted molar refractivity (Wildman–Crippen MR) is 100 cm³/mol. The molecule has 138 valence electrons. The summed E-state index contributed by atoms with van der Waals surface area (Å²) in [6.07, 6.45) is -0.993.